The van der Waals surface area contributed by atoms with Crippen molar-refractivity contribution in [1.82, 2.24) is 5.32 Å². The van der Waals surface area contributed by atoms with Crippen LogP contribution in [0.4, 0.5) is 5.69 Å². The highest BCUT2D eigenvalue weighted by Crippen LogP contribution is 2.39. The molecule has 1 heterocycles. The number of nitrogens with one attached hydrogen (secondary N) is 2. The normalized spacial score (nSPS) is 18.7. The number of esters is 1. The summed E-state index contributed by atoms with van der Waals surface area (Å²) in [7, 11) is 1.31. The molecule has 8 nitrogen and oxygen atoms in total. The van der Waals surface area contributed by atoms with Gasteiger partial charge in [0, 0.05) is 12.2 Å². The number of methoxy groups -OCH3 is 1. The van der Waals surface area contributed by atoms with Crippen LogP contribution in [-0.4, -0.2) is 31.7 Å². The molecule has 0 spiro atoms. The van der Waals surface area contributed by atoms with Gasteiger partial charge < -0.3 is 24.8 Å². The number of ether oxygens (including phenoxy) is 3. The minimum Gasteiger partial charge on any atom is -0.465 e. The first kappa shape index (κ1) is 18.8. The van der Waals surface area contributed by atoms with Crippen LogP contribution < -0.4 is 20.1 Å². The third-order valence-electron chi connectivity index (χ3n) is 4.94. The molecule has 2 atom stereocenters. The minimum atomic E-state index is -0.440. The number of anilines is 1. The molecule has 2 aromatic rings. The average Bonchev–Trinajstić information content (AvgIpc) is 3.42. The number of hydrogen-bond acceptors (Lipinski definition) is 6. The maximum Gasteiger partial charge on any atom is 0.337 e. The second-order valence-electron chi connectivity index (χ2n) is 6.91. The summed E-state index contributed by atoms with van der Waals surface area (Å²) < 4.78 is 15.2. The van der Waals surface area contributed by atoms with Crippen LogP contribution in [0.25, 0.3) is 0 Å². The minimum absolute atomic E-state index is 0.149. The largest absolute Gasteiger partial charge is 0.465 e. The summed E-state index contributed by atoms with van der Waals surface area (Å²) in [4.78, 5) is 36.1. The molecule has 1 fully saturated rings. The van der Waals surface area contributed by atoms with Crippen LogP contribution in [0, 0.1) is 11.8 Å². The van der Waals surface area contributed by atoms with Crippen LogP contribution in [0.1, 0.15) is 22.3 Å². The molecule has 2 aliphatic rings. The molecule has 0 saturated heterocycles. The molecule has 2 unspecified atom stereocenters. The molecule has 2 amide bonds. The van der Waals surface area contributed by atoms with Crippen LogP contribution >= 0.6 is 0 Å². The number of benzene rings is 2. The van der Waals surface area contributed by atoms with Crippen molar-refractivity contribution in [1.29, 1.82) is 0 Å². The van der Waals surface area contributed by atoms with E-state index >= 15 is 0 Å². The summed E-state index contributed by atoms with van der Waals surface area (Å²) in [5.41, 5.74) is 1.86. The first-order chi connectivity index (χ1) is 14.0. The number of carbonyl (C=O) groups excluding carboxylic acids is 3. The van der Waals surface area contributed by atoms with Crippen molar-refractivity contribution in [3.8, 4) is 11.5 Å². The Labute approximate surface area is 167 Å². The fourth-order valence-corrected chi connectivity index (χ4v) is 3.19. The topological polar surface area (TPSA) is 103 Å². The molecule has 0 aromatic heterocycles. The Hall–Kier alpha value is -3.55. The quantitative estimate of drug-likeness (QED) is 0.725. The van der Waals surface area contributed by atoms with Gasteiger partial charge in [0.1, 0.15) is 0 Å². The standard InChI is InChI=1S/C21H20N2O6/c1-27-21(26)13-3-5-14(6-4-13)23-20(25)16-9-15(16)19(24)22-10-12-2-7-17-18(8-12)29-11-28-17/h2-8,15-16H,9-11H2,1H3,(H,22,24)(H,23,25). The van der Waals surface area contributed by atoms with Crippen molar-refractivity contribution in [2.24, 2.45) is 11.8 Å². The van der Waals surface area contributed by atoms with E-state index in [0.29, 0.717) is 35.7 Å². The molecule has 4 rings (SSSR count). The lowest BCUT2D eigenvalue weighted by atomic mass is 10.2. The zero-order valence-electron chi connectivity index (χ0n) is 15.8. The Bertz CT molecular complexity index is 956. The van der Waals surface area contributed by atoms with Crippen LogP contribution in [0.5, 0.6) is 11.5 Å². The first-order valence-electron chi connectivity index (χ1n) is 9.20. The summed E-state index contributed by atoms with van der Waals surface area (Å²) in [6, 6.07) is 11.9. The molecule has 2 N–H and O–H groups in total. The van der Waals surface area contributed by atoms with E-state index in [0.717, 1.165) is 5.56 Å². The van der Waals surface area contributed by atoms with Gasteiger partial charge in [0.15, 0.2) is 11.5 Å². The summed E-state index contributed by atoms with van der Waals surface area (Å²) in [6.07, 6.45) is 0.513. The highest BCUT2D eigenvalue weighted by Gasteiger charge is 2.47. The van der Waals surface area contributed by atoms with Crippen LogP contribution in [-0.2, 0) is 20.9 Å². The Morgan fingerprint density at radius 3 is 2.48 bits per heavy atom. The molecule has 2 aromatic carbocycles. The molecule has 1 aliphatic carbocycles. The van der Waals surface area contributed by atoms with Crippen molar-refractivity contribution in [3.05, 3.63) is 53.6 Å². The molecular formula is C21H20N2O6. The first-order valence-corrected chi connectivity index (χ1v) is 9.20. The third-order valence-corrected chi connectivity index (χ3v) is 4.94. The fourth-order valence-electron chi connectivity index (χ4n) is 3.19. The van der Waals surface area contributed by atoms with E-state index in [1.165, 1.54) is 7.11 Å². The van der Waals surface area contributed by atoms with Crippen molar-refractivity contribution in [3.63, 3.8) is 0 Å². The van der Waals surface area contributed by atoms with Crippen LogP contribution in [0.2, 0.25) is 0 Å². The van der Waals surface area contributed by atoms with Gasteiger partial charge in [-0.2, -0.15) is 0 Å². The lowest BCUT2D eigenvalue weighted by Gasteiger charge is -2.07. The van der Waals surface area contributed by atoms with Gasteiger partial charge >= 0.3 is 5.97 Å². The van der Waals surface area contributed by atoms with E-state index in [4.69, 9.17) is 9.47 Å². The number of hydrogen-bond donors (Lipinski definition) is 2. The highest BCUT2D eigenvalue weighted by atomic mass is 16.7. The predicted molar refractivity (Wildman–Crippen MR) is 102 cm³/mol. The highest BCUT2D eigenvalue weighted by molar-refractivity contribution is 5.99. The second-order valence-corrected chi connectivity index (χ2v) is 6.91. The van der Waals surface area contributed by atoms with Gasteiger partial charge in [0.25, 0.3) is 0 Å². The average molecular weight is 396 g/mol. The zero-order chi connectivity index (χ0) is 20.4. The van der Waals surface area contributed by atoms with Gasteiger partial charge in [-0.05, 0) is 48.4 Å². The van der Waals surface area contributed by atoms with E-state index in [-0.39, 0.29) is 30.4 Å². The molecule has 8 heteroatoms. The smallest absolute Gasteiger partial charge is 0.337 e. The van der Waals surface area contributed by atoms with E-state index in [1.54, 1.807) is 24.3 Å². The van der Waals surface area contributed by atoms with Gasteiger partial charge in [-0.15, -0.1) is 0 Å². The Morgan fingerprint density at radius 1 is 1.00 bits per heavy atom. The fraction of sp³-hybridized carbons (Fsp3) is 0.286. The third kappa shape index (κ3) is 4.16. The molecule has 0 radical (unpaired) electrons. The monoisotopic (exact) mass is 396 g/mol. The van der Waals surface area contributed by atoms with Gasteiger partial charge in [0.2, 0.25) is 18.6 Å². The van der Waals surface area contributed by atoms with E-state index in [9.17, 15) is 14.4 Å². The summed E-state index contributed by atoms with van der Waals surface area (Å²) in [5, 5.41) is 5.63. The van der Waals surface area contributed by atoms with Crippen LogP contribution in [0.15, 0.2) is 42.5 Å². The van der Waals surface area contributed by atoms with Crippen molar-refractivity contribution in [2.45, 2.75) is 13.0 Å². The van der Waals surface area contributed by atoms with E-state index in [1.807, 2.05) is 18.2 Å². The maximum atomic E-state index is 12.4. The molecule has 1 aliphatic heterocycles. The van der Waals surface area contributed by atoms with Crippen molar-refractivity contribution < 1.29 is 28.6 Å². The maximum absolute atomic E-state index is 12.4. The molecule has 0 bridgehead atoms. The van der Waals surface area contributed by atoms with Gasteiger partial charge in [-0.1, -0.05) is 6.07 Å². The van der Waals surface area contributed by atoms with Crippen molar-refractivity contribution in [2.75, 3.05) is 19.2 Å². The lowest BCUT2D eigenvalue weighted by molar-refractivity contribution is -0.125. The Kier molecular flexibility index (Phi) is 5.07. The zero-order valence-corrected chi connectivity index (χ0v) is 15.8. The molecular weight excluding hydrogens is 376 g/mol. The van der Waals surface area contributed by atoms with Gasteiger partial charge in [0.05, 0.1) is 24.5 Å². The van der Waals surface area contributed by atoms with E-state index < -0.39 is 5.97 Å². The predicted octanol–water partition coefficient (Wildman–Crippen LogP) is 2.09. The number of rotatable bonds is 6. The Morgan fingerprint density at radius 2 is 1.72 bits per heavy atom. The molecule has 1 saturated carbocycles. The summed E-state index contributed by atoms with van der Waals surface area (Å²) in [5.74, 6) is -0.130. The number of amides is 2. The number of fused-ring (bicyclic) bond motifs is 1. The van der Waals surface area contributed by atoms with Crippen LogP contribution in [0.3, 0.4) is 0 Å². The Balaban J connectivity index is 1.26. The van der Waals surface area contributed by atoms with E-state index in [2.05, 4.69) is 15.4 Å². The lowest BCUT2D eigenvalue weighted by Crippen LogP contribution is -2.27. The molecule has 29 heavy (non-hydrogen) atoms. The summed E-state index contributed by atoms with van der Waals surface area (Å²) in [6.45, 7) is 0.560. The SMILES string of the molecule is COC(=O)c1ccc(NC(=O)C2CC2C(=O)NCc2ccc3c(c2)OCO3)cc1. The number of carbonyl (C=O) groups is 3. The summed E-state index contributed by atoms with van der Waals surface area (Å²) >= 11 is 0. The van der Waals surface area contributed by atoms with Crippen molar-refractivity contribution >= 4 is 23.5 Å². The van der Waals surface area contributed by atoms with Gasteiger partial charge in [-0.25, -0.2) is 4.79 Å². The van der Waals surface area contributed by atoms with Gasteiger partial charge in [-0.3, -0.25) is 9.59 Å². The molecule has 150 valence electrons. The second kappa shape index (κ2) is 7.83.